The molecule has 2 N–H and O–H groups in total. The Labute approximate surface area is 125 Å². The highest BCUT2D eigenvalue weighted by Crippen LogP contribution is 2.25. The number of carbonyl (C=O) groups excluding carboxylic acids is 1. The number of carbonyl (C=O) groups is 2. The van der Waals surface area contributed by atoms with E-state index >= 15 is 0 Å². The van der Waals surface area contributed by atoms with Gasteiger partial charge in [-0.1, -0.05) is 24.8 Å². The van der Waals surface area contributed by atoms with Gasteiger partial charge in [0.25, 0.3) is 5.91 Å². The number of carboxylic acids is 1. The number of nitrogens with one attached hydrogen (secondary N) is 1. The number of anilines is 1. The monoisotopic (exact) mass is 303 g/mol. The highest BCUT2D eigenvalue weighted by Gasteiger charge is 2.17. The topological polar surface area (TPSA) is 75.6 Å². The lowest BCUT2D eigenvalue weighted by Gasteiger charge is -2.10. The minimum Gasteiger partial charge on any atom is -0.489 e. The van der Waals surface area contributed by atoms with E-state index < -0.39 is 11.9 Å². The fourth-order valence-electron chi connectivity index (χ4n) is 1.67. The Morgan fingerprint density at radius 3 is 2.76 bits per heavy atom. The quantitative estimate of drug-likeness (QED) is 0.803. The zero-order valence-electron chi connectivity index (χ0n) is 11.0. The molecule has 5 nitrogen and oxygen atoms in total. The minimum absolute atomic E-state index is 0.0674. The summed E-state index contributed by atoms with van der Waals surface area (Å²) < 4.78 is 5.41. The third-order valence-corrected chi connectivity index (χ3v) is 3.44. The molecule has 1 heterocycles. The Kier molecular flexibility index (Phi) is 4.73. The van der Waals surface area contributed by atoms with Crippen LogP contribution in [0.4, 0.5) is 5.00 Å². The van der Waals surface area contributed by atoms with Crippen molar-refractivity contribution in [2.24, 2.45) is 0 Å². The number of amides is 1. The molecule has 2 aromatic rings. The second-order valence-electron chi connectivity index (χ2n) is 4.02. The molecule has 0 unspecified atom stereocenters. The van der Waals surface area contributed by atoms with E-state index in [-0.39, 0.29) is 12.2 Å². The van der Waals surface area contributed by atoms with Crippen molar-refractivity contribution in [1.29, 1.82) is 0 Å². The first-order valence-electron chi connectivity index (χ1n) is 6.08. The molecule has 0 spiro atoms. The number of hydrogen-bond acceptors (Lipinski definition) is 4. The Bertz CT molecular complexity index is 678. The third-order valence-electron chi connectivity index (χ3n) is 2.61. The van der Waals surface area contributed by atoms with Crippen LogP contribution in [-0.4, -0.2) is 23.6 Å². The molecule has 0 saturated carbocycles. The molecular formula is C15H13NO4S. The van der Waals surface area contributed by atoms with Crippen LogP contribution in [-0.2, 0) is 0 Å². The molecule has 1 aromatic carbocycles. The van der Waals surface area contributed by atoms with Crippen LogP contribution in [0.2, 0.25) is 0 Å². The van der Waals surface area contributed by atoms with Crippen LogP contribution in [0.1, 0.15) is 20.7 Å². The second-order valence-corrected chi connectivity index (χ2v) is 4.93. The van der Waals surface area contributed by atoms with E-state index in [4.69, 9.17) is 9.84 Å². The molecule has 0 aliphatic rings. The van der Waals surface area contributed by atoms with Gasteiger partial charge in [-0.25, -0.2) is 4.79 Å². The highest BCUT2D eigenvalue weighted by molar-refractivity contribution is 7.14. The molecular weight excluding hydrogens is 290 g/mol. The van der Waals surface area contributed by atoms with Crippen molar-refractivity contribution < 1.29 is 19.4 Å². The Balaban J connectivity index is 2.22. The van der Waals surface area contributed by atoms with Gasteiger partial charge in [0.05, 0.1) is 11.1 Å². The number of rotatable bonds is 6. The number of benzene rings is 1. The summed E-state index contributed by atoms with van der Waals surface area (Å²) >= 11 is 1.15. The van der Waals surface area contributed by atoms with Gasteiger partial charge in [-0.3, -0.25) is 4.79 Å². The zero-order valence-corrected chi connectivity index (χ0v) is 11.9. The normalized spacial score (nSPS) is 9.90. The lowest BCUT2D eigenvalue weighted by atomic mass is 10.2. The summed E-state index contributed by atoms with van der Waals surface area (Å²) in [6, 6.07) is 8.20. The van der Waals surface area contributed by atoms with E-state index in [9.17, 15) is 9.59 Å². The van der Waals surface area contributed by atoms with Gasteiger partial charge in [0.15, 0.2) is 0 Å². The molecule has 0 fully saturated rings. The maximum Gasteiger partial charge on any atom is 0.338 e. The van der Waals surface area contributed by atoms with Gasteiger partial charge in [-0.15, -0.1) is 11.3 Å². The summed E-state index contributed by atoms with van der Waals surface area (Å²) in [6.45, 7) is 3.83. The molecule has 6 heteroatoms. The molecule has 1 aromatic heterocycles. The molecule has 2 rings (SSSR count). The zero-order chi connectivity index (χ0) is 15.2. The molecule has 0 saturated heterocycles. The Hall–Kier alpha value is -2.60. The maximum absolute atomic E-state index is 12.3. The third kappa shape index (κ3) is 3.49. The largest absolute Gasteiger partial charge is 0.489 e. The number of aromatic carboxylic acids is 1. The van der Waals surface area contributed by atoms with Crippen LogP contribution in [0.3, 0.4) is 0 Å². The first-order valence-corrected chi connectivity index (χ1v) is 6.96. The lowest BCUT2D eigenvalue weighted by Crippen LogP contribution is -2.14. The lowest BCUT2D eigenvalue weighted by molar-refractivity contribution is 0.0698. The SMILES string of the molecule is C=CCOc1ccccc1C(=O)Nc1sccc1C(=O)O. The fraction of sp³-hybridized carbons (Fsp3) is 0.0667. The highest BCUT2D eigenvalue weighted by atomic mass is 32.1. The molecule has 0 bridgehead atoms. The Morgan fingerprint density at radius 1 is 1.29 bits per heavy atom. The van der Waals surface area contributed by atoms with Crippen molar-refractivity contribution in [2.45, 2.75) is 0 Å². The van der Waals surface area contributed by atoms with E-state index in [2.05, 4.69) is 11.9 Å². The summed E-state index contributed by atoms with van der Waals surface area (Å²) in [6.07, 6.45) is 1.58. The van der Waals surface area contributed by atoms with Crippen molar-refractivity contribution in [2.75, 3.05) is 11.9 Å². The predicted molar refractivity (Wildman–Crippen MR) is 81.4 cm³/mol. The number of hydrogen-bond donors (Lipinski definition) is 2. The second kappa shape index (κ2) is 6.71. The van der Waals surface area contributed by atoms with Gasteiger partial charge in [0, 0.05) is 0 Å². The van der Waals surface area contributed by atoms with Crippen LogP contribution in [0, 0.1) is 0 Å². The molecule has 0 aliphatic carbocycles. The van der Waals surface area contributed by atoms with E-state index in [1.54, 1.807) is 35.7 Å². The standard InChI is InChI=1S/C15H13NO4S/c1-2-8-20-12-6-4-3-5-10(12)13(17)16-14-11(15(18)19)7-9-21-14/h2-7,9H,1,8H2,(H,16,17)(H,18,19). The average molecular weight is 303 g/mol. The van der Waals surface area contributed by atoms with E-state index in [1.165, 1.54) is 6.07 Å². The van der Waals surface area contributed by atoms with Crippen molar-refractivity contribution in [3.63, 3.8) is 0 Å². The minimum atomic E-state index is -1.08. The molecule has 0 aliphatic heterocycles. The number of ether oxygens (including phenoxy) is 1. The van der Waals surface area contributed by atoms with Crippen molar-refractivity contribution in [1.82, 2.24) is 0 Å². The number of thiophene rings is 1. The molecule has 1 amide bonds. The van der Waals surface area contributed by atoms with Crippen LogP contribution in [0.5, 0.6) is 5.75 Å². The first kappa shape index (κ1) is 14.8. The average Bonchev–Trinajstić information content (AvgIpc) is 2.93. The molecule has 108 valence electrons. The van der Waals surface area contributed by atoms with Gasteiger partial charge in [0.1, 0.15) is 17.4 Å². The van der Waals surface area contributed by atoms with Crippen LogP contribution >= 0.6 is 11.3 Å². The van der Waals surface area contributed by atoms with E-state index in [1.807, 2.05) is 0 Å². The van der Waals surface area contributed by atoms with Crippen molar-refractivity contribution in [3.05, 3.63) is 59.5 Å². The fourth-order valence-corrected chi connectivity index (χ4v) is 2.45. The molecule has 0 radical (unpaired) electrons. The van der Waals surface area contributed by atoms with Crippen LogP contribution < -0.4 is 10.1 Å². The van der Waals surface area contributed by atoms with Crippen molar-refractivity contribution >= 4 is 28.2 Å². The van der Waals surface area contributed by atoms with Crippen molar-refractivity contribution in [3.8, 4) is 5.75 Å². The van der Waals surface area contributed by atoms with Crippen LogP contribution in [0.25, 0.3) is 0 Å². The Morgan fingerprint density at radius 2 is 2.05 bits per heavy atom. The molecule has 21 heavy (non-hydrogen) atoms. The molecule has 0 atom stereocenters. The summed E-state index contributed by atoms with van der Waals surface area (Å²) in [5.41, 5.74) is 0.405. The predicted octanol–water partition coefficient (Wildman–Crippen LogP) is 3.26. The summed E-state index contributed by atoms with van der Waals surface area (Å²) in [5.74, 6) is -1.08. The van der Waals surface area contributed by atoms with Gasteiger partial charge >= 0.3 is 5.97 Å². The maximum atomic E-state index is 12.3. The van der Waals surface area contributed by atoms with Gasteiger partial charge in [-0.05, 0) is 23.6 Å². The summed E-state index contributed by atoms with van der Waals surface area (Å²) in [7, 11) is 0. The number of carboxylic acid groups (broad SMARTS) is 1. The van der Waals surface area contributed by atoms with Crippen LogP contribution in [0.15, 0.2) is 48.4 Å². The summed E-state index contributed by atoms with van der Waals surface area (Å²) in [4.78, 5) is 23.3. The van der Waals surface area contributed by atoms with E-state index in [0.717, 1.165) is 11.3 Å². The van der Waals surface area contributed by atoms with Gasteiger partial charge in [-0.2, -0.15) is 0 Å². The van der Waals surface area contributed by atoms with Gasteiger partial charge in [0.2, 0.25) is 0 Å². The first-order chi connectivity index (χ1) is 10.1. The smallest absolute Gasteiger partial charge is 0.338 e. The summed E-state index contributed by atoms with van der Waals surface area (Å²) in [5, 5.41) is 13.5. The van der Waals surface area contributed by atoms with Gasteiger partial charge < -0.3 is 15.2 Å². The number of para-hydroxylation sites is 1. The van der Waals surface area contributed by atoms with E-state index in [0.29, 0.717) is 16.3 Å².